The Morgan fingerprint density at radius 3 is 2.80 bits per heavy atom. The quantitative estimate of drug-likeness (QED) is 0.684. The summed E-state index contributed by atoms with van der Waals surface area (Å²) < 4.78 is 13.3. The molecule has 5 heteroatoms. The van der Waals surface area contributed by atoms with E-state index >= 15 is 0 Å². The number of hydrogen-bond acceptors (Lipinski definition) is 2. The molecular formula is C20H20FN3O. The van der Waals surface area contributed by atoms with Gasteiger partial charge in [0.2, 0.25) is 0 Å². The third-order valence-electron chi connectivity index (χ3n) is 4.82. The van der Waals surface area contributed by atoms with Gasteiger partial charge in [-0.3, -0.25) is 4.79 Å². The minimum absolute atomic E-state index is 0.0422. The summed E-state index contributed by atoms with van der Waals surface area (Å²) in [5.74, 6) is 0.222. The minimum atomic E-state index is -0.259. The molecule has 0 bridgehead atoms. The average molecular weight is 337 g/mol. The van der Waals surface area contributed by atoms with E-state index < -0.39 is 0 Å². The highest BCUT2D eigenvalue weighted by Gasteiger charge is 2.16. The first kappa shape index (κ1) is 15.8. The SMILES string of the molecule is O=C(NC[C@@H]1CCNC1)c1ccc(-c2c[nH]c3cc(F)ccc23)cc1. The number of benzene rings is 2. The second kappa shape index (κ2) is 6.69. The standard InChI is InChI=1S/C20H20FN3O/c21-16-5-6-17-18(12-23-19(17)9-16)14-1-3-15(4-2-14)20(25)24-11-13-7-8-22-10-13/h1-6,9,12-13,22-23H,7-8,10-11H2,(H,24,25)/t13-/m1/s1. The van der Waals surface area contributed by atoms with E-state index in [1.54, 1.807) is 6.07 Å². The lowest BCUT2D eigenvalue weighted by molar-refractivity contribution is 0.0948. The maximum absolute atomic E-state index is 13.3. The van der Waals surface area contributed by atoms with E-state index in [9.17, 15) is 9.18 Å². The molecule has 2 heterocycles. The molecule has 0 radical (unpaired) electrons. The van der Waals surface area contributed by atoms with Crippen LogP contribution in [0.2, 0.25) is 0 Å². The predicted octanol–water partition coefficient (Wildman–Crippen LogP) is 3.31. The van der Waals surface area contributed by atoms with Crippen molar-refractivity contribution < 1.29 is 9.18 Å². The van der Waals surface area contributed by atoms with Crippen molar-refractivity contribution in [3.8, 4) is 11.1 Å². The highest BCUT2D eigenvalue weighted by molar-refractivity contribution is 5.97. The number of halogens is 1. The first-order valence-electron chi connectivity index (χ1n) is 8.57. The summed E-state index contributed by atoms with van der Waals surface area (Å²) >= 11 is 0. The molecule has 1 aliphatic heterocycles. The molecule has 25 heavy (non-hydrogen) atoms. The van der Waals surface area contributed by atoms with Gasteiger partial charge in [-0.15, -0.1) is 0 Å². The smallest absolute Gasteiger partial charge is 0.251 e. The monoisotopic (exact) mass is 337 g/mol. The van der Waals surface area contributed by atoms with Crippen LogP contribution in [-0.4, -0.2) is 30.5 Å². The van der Waals surface area contributed by atoms with Crippen LogP contribution >= 0.6 is 0 Å². The van der Waals surface area contributed by atoms with Crippen LogP contribution in [0.25, 0.3) is 22.0 Å². The zero-order valence-corrected chi connectivity index (χ0v) is 13.8. The van der Waals surface area contributed by atoms with Crippen LogP contribution in [0.5, 0.6) is 0 Å². The van der Waals surface area contributed by atoms with Gasteiger partial charge >= 0.3 is 0 Å². The molecule has 3 N–H and O–H groups in total. The highest BCUT2D eigenvalue weighted by atomic mass is 19.1. The van der Waals surface area contributed by atoms with Crippen molar-refractivity contribution >= 4 is 16.8 Å². The summed E-state index contributed by atoms with van der Waals surface area (Å²) in [6, 6.07) is 12.2. The average Bonchev–Trinajstić information content (AvgIpc) is 3.29. The number of rotatable bonds is 4. The van der Waals surface area contributed by atoms with Crippen LogP contribution in [0.4, 0.5) is 4.39 Å². The number of carbonyl (C=O) groups is 1. The van der Waals surface area contributed by atoms with Gasteiger partial charge in [-0.1, -0.05) is 12.1 Å². The normalized spacial score (nSPS) is 17.1. The van der Waals surface area contributed by atoms with E-state index in [0.717, 1.165) is 41.5 Å². The lowest BCUT2D eigenvalue weighted by Gasteiger charge is -2.10. The van der Waals surface area contributed by atoms with Gasteiger partial charge in [0.1, 0.15) is 5.82 Å². The van der Waals surface area contributed by atoms with Crippen LogP contribution in [-0.2, 0) is 0 Å². The molecule has 1 fully saturated rings. The predicted molar refractivity (Wildman–Crippen MR) is 97.0 cm³/mol. The second-order valence-corrected chi connectivity index (χ2v) is 6.54. The number of fused-ring (bicyclic) bond motifs is 1. The van der Waals surface area contributed by atoms with Gasteiger partial charge in [-0.2, -0.15) is 0 Å². The third kappa shape index (κ3) is 3.28. The van der Waals surface area contributed by atoms with Crippen LogP contribution in [0.3, 0.4) is 0 Å². The molecule has 128 valence electrons. The number of hydrogen-bond donors (Lipinski definition) is 3. The van der Waals surface area contributed by atoms with Gasteiger partial charge in [0.05, 0.1) is 0 Å². The van der Waals surface area contributed by atoms with Gasteiger partial charge in [0.15, 0.2) is 0 Å². The van der Waals surface area contributed by atoms with Crippen molar-refractivity contribution in [3.05, 3.63) is 60.0 Å². The Morgan fingerprint density at radius 2 is 2.04 bits per heavy atom. The van der Waals surface area contributed by atoms with Crippen molar-refractivity contribution in [1.29, 1.82) is 0 Å². The van der Waals surface area contributed by atoms with Crippen molar-refractivity contribution in [3.63, 3.8) is 0 Å². The van der Waals surface area contributed by atoms with Crippen molar-refractivity contribution in [1.82, 2.24) is 15.6 Å². The molecule has 0 unspecified atom stereocenters. The molecule has 3 aromatic rings. The van der Waals surface area contributed by atoms with Crippen molar-refractivity contribution in [2.24, 2.45) is 5.92 Å². The number of H-pyrrole nitrogens is 1. The van der Waals surface area contributed by atoms with Crippen molar-refractivity contribution in [2.45, 2.75) is 6.42 Å². The maximum atomic E-state index is 13.3. The first-order chi connectivity index (χ1) is 12.2. The van der Waals surface area contributed by atoms with Crippen molar-refractivity contribution in [2.75, 3.05) is 19.6 Å². The van der Waals surface area contributed by atoms with Gasteiger partial charge < -0.3 is 15.6 Å². The van der Waals surface area contributed by atoms with Gasteiger partial charge in [0, 0.05) is 34.8 Å². The van der Waals surface area contributed by atoms with Crippen LogP contribution < -0.4 is 10.6 Å². The molecule has 4 nitrogen and oxygen atoms in total. The minimum Gasteiger partial charge on any atom is -0.360 e. The fraction of sp³-hybridized carbons (Fsp3) is 0.250. The van der Waals surface area contributed by atoms with Crippen LogP contribution in [0.15, 0.2) is 48.7 Å². The summed E-state index contributed by atoms with van der Waals surface area (Å²) in [6.45, 7) is 2.71. The Morgan fingerprint density at radius 1 is 1.20 bits per heavy atom. The lowest BCUT2D eigenvalue weighted by Crippen LogP contribution is -2.30. The molecule has 4 rings (SSSR count). The summed E-state index contributed by atoms with van der Waals surface area (Å²) in [5.41, 5.74) is 3.41. The zero-order chi connectivity index (χ0) is 17.2. The molecule has 0 saturated carbocycles. The fourth-order valence-corrected chi connectivity index (χ4v) is 3.37. The second-order valence-electron chi connectivity index (χ2n) is 6.54. The van der Waals surface area contributed by atoms with E-state index in [0.29, 0.717) is 18.0 Å². The fourth-order valence-electron chi connectivity index (χ4n) is 3.37. The molecule has 2 aromatic carbocycles. The maximum Gasteiger partial charge on any atom is 0.251 e. The zero-order valence-electron chi connectivity index (χ0n) is 13.8. The van der Waals surface area contributed by atoms with E-state index in [1.807, 2.05) is 30.5 Å². The third-order valence-corrected chi connectivity index (χ3v) is 4.82. The molecule has 0 aliphatic carbocycles. The summed E-state index contributed by atoms with van der Waals surface area (Å²) in [5, 5.41) is 7.27. The number of carbonyl (C=O) groups excluding carboxylic acids is 1. The summed E-state index contributed by atoms with van der Waals surface area (Å²) in [4.78, 5) is 15.4. The summed E-state index contributed by atoms with van der Waals surface area (Å²) in [7, 11) is 0. The van der Waals surface area contributed by atoms with E-state index in [-0.39, 0.29) is 11.7 Å². The largest absolute Gasteiger partial charge is 0.360 e. The molecular weight excluding hydrogens is 317 g/mol. The first-order valence-corrected chi connectivity index (χ1v) is 8.57. The lowest BCUT2D eigenvalue weighted by atomic mass is 10.0. The van der Waals surface area contributed by atoms with E-state index in [2.05, 4.69) is 15.6 Å². The molecule has 1 atom stereocenters. The van der Waals surface area contributed by atoms with Gasteiger partial charge in [-0.05, 0) is 61.3 Å². The Labute approximate surface area is 145 Å². The van der Waals surface area contributed by atoms with Gasteiger partial charge in [-0.25, -0.2) is 4.39 Å². The topological polar surface area (TPSA) is 56.9 Å². The van der Waals surface area contributed by atoms with Crippen LogP contribution in [0.1, 0.15) is 16.8 Å². The molecule has 1 aliphatic rings. The van der Waals surface area contributed by atoms with Gasteiger partial charge in [0.25, 0.3) is 5.91 Å². The number of aromatic nitrogens is 1. The molecule has 1 saturated heterocycles. The molecule has 0 spiro atoms. The number of aromatic amines is 1. The number of nitrogens with one attached hydrogen (secondary N) is 3. The Balaban J connectivity index is 1.50. The Kier molecular flexibility index (Phi) is 4.24. The van der Waals surface area contributed by atoms with E-state index in [4.69, 9.17) is 0 Å². The summed E-state index contributed by atoms with van der Waals surface area (Å²) in [6.07, 6.45) is 2.98. The Hall–Kier alpha value is -2.66. The molecule has 1 aromatic heterocycles. The molecule has 1 amide bonds. The van der Waals surface area contributed by atoms with Crippen LogP contribution in [0, 0.1) is 11.7 Å². The Bertz CT molecular complexity index is 895. The number of amides is 1. The van der Waals surface area contributed by atoms with E-state index in [1.165, 1.54) is 12.1 Å². The highest BCUT2D eigenvalue weighted by Crippen LogP contribution is 2.29.